The fraction of sp³-hybridized carbons (Fsp3) is 0.474. The normalized spacial score (nSPS) is 29.9. The van der Waals surface area contributed by atoms with Crippen LogP contribution in [0.2, 0.25) is 0 Å². The summed E-state index contributed by atoms with van der Waals surface area (Å²) < 4.78 is 11.1. The lowest BCUT2D eigenvalue weighted by Gasteiger charge is -2.52. The highest BCUT2D eigenvalue weighted by atomic mass is 16.5. The van der Waals surface area contributed by atoms with E-state index in [0.717, 1.165) is 37.3 Å². The van der Waals surface area contributed by atoms with Crippen LogP contribution in [-0.4, -0.2) is 38.8 Å². The summed E-state index contributed by atoms with van der Waals surface area (Å²) in [6.07, 6.45) is 7.90. The van der Waals surface area contributed by atoms with Crippen LogP contribution < -0.4 is 4.74 Å². The molecule has 2 unspecified atom stereocenters. The number of ether oxygens (including phenoxy) is 2. The maximum atomic E-state index is 5.60. The highest BCUT2D eigenvalue weighted by Crippen LogP contribution is 2.52. The third-order valence-electron chi connectivity index (χ3n) is 5.67. The second-order valence-corrected chi connectivity index (χ2v) is 6.62. The molecule has 2 bridgehead atoms. The molecule has 0 aromatic heterocycles. The Hall–Kier alpha value is -1.74. The van der Waals surface area contributed by atoms with E-state index in [1.807, 2.05) is 0 Å². The Balaban J connectivity index is 1.95. The Kier molecular flexibility index (Phi) is 3.08. The highest BCUT2D eigenvalue weighted by molar-refractivity contribution is 5.57. The summed E-state index contributed by atoms with van der Waals surface area (Å²) in [6.45, 7) is 1.12. The second kappa shape index (κ2) is 4.88. The number of hydrogen-bond donors (Lipinski definition) is 0. The first-order valence-electron chi connectivity index (χ1n) is 8.02. The van der Waals surface area contributed by atoms with Crippen LogP contribution in [0, 0.1) is 0 Å². The first kappa shape index (κ1) is 13.9. The predicted octanol–water partition coefficient (Wildman–Crippen LogP) is 3.05. The molecule has 4 rings (SSSR count). The Morgan fingerprint density at radius 2 is 2.09 bits per heavy atom. The molecule has 3 nitrogen and oxygen atoms in total. The average molecular weight is 297 g/mol. The van der Waals surface area contributed by atoms with Gasteiger partial charge in [0, 0.05) is 17.9 Å². The number of hydrogen-bond acceptors (Lipinski definition) is 3. The predicted molar refractivity (Wildman–Crippen MR) is 87.2 cm³/mol. The van der Waals surface area contributed by atoms with Crippen LogP contribution in [0.4, 0.5) is 0 Å². The average Bonchev–Trinajstić information content (AvgIpc) is 2.57. The SMILES string of the molecule is COC1=CC23CCN(C)C(Cc4ccc(OC)cc42)C3=CC1. The van der Waals surface area contributed by atoms with E-state index in [4.69, 9.17) is 9.47 Å². The monoisotopic (exact) mass is 297 g/mol. The van der Waals surface area contributed by atoms with Crippen LogP contribution in [0.1, 0.15) is 24.0 Å². The summed E-state index contributed by atoms with van der Waals surface area (Å²) in [5.41, 5.74) is 4.42. The van der Waals surface area contributed by atoms with E-state index in [-0.39, 0.29) is 5.41 Å². The number of fused-ring (bicyclic) bond motifs is 1. The molecule has 1 aromatic carbocycles. The molecule has 0 N–H and O–H groups in total. The fourth-order valence-corrected chi connectivity index (χ4v) is 4.47. The molecule has 1 heterocycles. The van der Waals surface area contributed by atoms with Gasteiger partial charge in [-0.05, 0) is 61.3 Å². The van der Waals surface area contributed by atoms with Crippen molar-refractivity contribution in [3.05, 3.63) is 52.8 Å². The van der Waals surface area contributed by atoms with Gasteiger partial charge in [-0.15, -0.1) is 0 Å². The van der Waals surface area contributed by atoms with Crippen LogP contribution in [0.3, 0.4) is 0 Å². The zero-order valence-corrected chi connectivity index (χ0v) is 13.6. The van der Waals surface area contributed by atoms with Crippen molar-refractivity contribution in [2.75, 3.05) is 27.8 Å². The van der Waals surface area contributed by atoms with E-state index < -0.39 is 0 Å². The van der Waals surface area contributed by atoms with Crippen LogP contribution in [0.5, 0.6) is 5.75 Å². The van der Waals surface area contributed by atoms with E-state index in [0.29, 0.717) is 6.04 Å². The van der Waals surface area contributed by atoms with Gasteiger partial charge in [-0.25, -0.2) is 0 Å². The van der Waals surface area contributed by atoms with Gasteiger partial charge < -0.3 is 9.47 Å². The topological polar surface area (TPSA) is 21.7 Å². The molecule has 3 heteroatoms. The van der Waals surface area contributed by atoms with E-state index in [9.17, 15) is 0 Å². The summed E-state index contributed by atoms with van der Waals surface area (Å²) in [5, 5.41) is 0. The summed E-state index contributed by atoms with van der Waals surface area (Å²) in [6, 6.07) is 7.08. The Morgan fingerprint density at radius 1 is 1.23 bits per heavy atom. The van der Waals surface area contributed by atoms with Crippen LogP contribution in [-0.2, 0) is 16.6 Å². The van der Waals surface area contributed by atoms with Gasteiger partial charge >= 0.3 is 0 Å². The smallest absolute Gasteiger partial charge is 0.119 e. The number of likely N-dealkylation sites (N-methyl/N-ethyl adjacent to an activating group) is 1. The van der Waals surface area contributed by atoms with Gasteiger partial charge in [-0.3, -0.25) is 4.90 Å². The van der Waals surface area contributed by atoms with Gasteiger partial charge in [0.1, 0.15) is 5.75 Å². The number of likely N-dealkylation sites (tertiary alicyclic amines) is 1. The lowest BCUT2D eigenvalue weighted by molar-refractivity contribution is 0.178. The van der Waals surface area contributed by atoms with Gasteiger partial charge in [-0.2, -0.15) is 0 Å². The molecule has 2 aliphatic carbocycles. The first-order chi connectivity index (χ1) is 10.7. The molecule has 0 amide bonds. The van der Waals surface area contributed by atoms with Crippen molar-refractivity contribution in [1.29, 1.82) is 0 Å². The summed E-state index contributed by atoms with van der Waals surface area (Å²) in [4.78, 5) is 2.50. The van der Waals surface area contributed by atoms with Crippen molar-refractivity contribution in [2.45, 2.75) is 30.7 Å². The molecule has 0 spiro atoms. The maximum Gasteiger partial charge on any atom is 0.119 e. The van der Waals surface area contributed by atoms with Gasteiger partial charge in [0.2, 0.25) is 0 Å². The third-order valence-corrected chi connectivity index (χ3v) is 5.67. The largest absolute Gasteiger partial charge is 0.501 e. The Labute approximate surface area is 132 Å². The van der Waals surface area contributed by atoms with Crippen LogP contribution >= 0.6 is 0 Å². The van der Waals surface area contributed by atoms with Crippen molar-refractivity contribution in [3.63, 3.8) is 0 Å². The molecular formula is C19H23NO2. The summed E-state index contributed by atoms with van der Waals surface area (Å²) in [7, 11) is 5.77. The van der Waals surface area contributed by atoms with E-state index in [1.165, 1.54) is 11.1 Å². The molecule has 0 saturated carbocycles. The van der Waals surface area contributed by atoms with Crippen molar-refractivity contribution in [3.8, 4) is 5.75 Å². The number of piperidine rings is 1. The van der Waals surface area contributed by atoms with E-state index >= 15 is 0 Å². The number of methoxy groups -OCH3 is 2. The zero-order valence-electron chi connectivity index (χ0n) is 13.6. The zero-order chi connectivity index (χ0) is 15.3. The lowest BCUT2D eigenvalue weighted by atomic mass is 9.59. The second-order valence-electron chi connectivity index (χ2n) is 6.62. The highest BCUT2D eigenvalue weighted by Gasteiger charge is 2.49. The third kappa shape index (κ3) is 1.78. The summed E-state index contributed by atoms with van der Waals surface area (Å²) >= 11 is 0. The molecule has 0 radical (unpaired) electrons. The van der Waals surface area contributed by atoms with Crippen molar-refractivity contribution >= 4 is 0 Å². The fourth-order valence-electron chi connectivity index (χ4n) is 4.47. The van der Waals surface area contributed by atoms with E-state index in [2.05, 4.69) is 42.3 Å². The molecule has 1 aliphatic heterocycles. The quantitative estimate of drug-likeness (QED) is 0.783. The Bertz CT molecular complexity index is 676. The molecule has 2 atom stereocenters. The lowest BCUT2D eigenvalue weighted by Crippen LogP contribution is -2.53. The number of rotatable bonds is 2. The molecular weight excluding hydrogens is 274 g/mol. The minimum absolute atomic E-state index is 0.00287. The van der Waals surface area contributed by atoms with Crippen molar-refractivity contribution in [1.82, 2.24) is 4.90 Å². The Morgan fingerprint density at radius 3 is 2.86 bits per heavy atom. The van der Waals surface area contributed by atoms with Gasteiger partial charge in [0.25, 0.3) is 0 Å². The summed E-state index contributed by atoms with van der Waals surface area (Å²) in [5.74, 6) is 2.03. The number of benzene rings is 1. The van der Waals surface area contributed by atoms with Crippen LogP contribution in [0.15, 0.2) is 41.7 Å². The standard InChI is InChI=1S/C19H23NO2/c1-20-9-8-19-12-15(22-3)6-7-16(19)18(20)10-13-4-5-14(21-2)11-17(13)19/h4-5,7,11-12,18H,6,8-10H2,1-3H3. The van der Waals surface area contributed by atoms with Gasteiger partial charge in [0.05, 0.1) is 20.0 Å². The van der Waals surface area contributed by atoms with Crippen LogP contribution in [0.25, 0.3) is 0 Å². The van der Waals surface area contributed by atoms with Gasteiger partial charge in [0.15, 0.2) is 0 Å². The molecule has 3 aliphatic rings. The number of allylic oxidation sites excluding steroid dienone is 2. The molecule has 1 aromatic rings. The maximum absolute atomic E-state index is 5.60. The molecule has 1 fully saturated rings. The molecule has 1 saturated heterocycles. The minimum Gasteiger partial charge on any atom is -0.501 e. The van der Waals surface area contributed by atoms with Crippen molar-refractivity contribution in [2.24, 2.45) is 0 Å². The number of nitrogens with zero attached hydrogens (tertiary/aromatic N) is 1. The van der Waals surface area contributed by atoms with Gasteiger partial charge in [-0.1, -0.05) is 12.1 Å². The van der Waals surface area contributed by atoms with E-state index in [1.54, 1.807) is 19.8 Å². The molecule has 116 valence electrons. The molecule has 22 heavy (non-hydrogen) atoms. The minimum atomic E-state index is 0.00287. The first-order valence-corrected chi connectivity index (χ1v) is 8.02. The van der Waals surface area contributed by atoms with Crippen molar-refractivity contribution < 1.29 is 9.47 Å².